The van der Waals surface area contributed by atoms with Gasteiger partial charge in [0.05, 0.1) is 9.86 Å². The molecular weight excluding hydrogens is 300 g/mol. The highest BCUT2D eigenvalue weighted by molar-refractivity contribution is 9.11. The van der Waals surface area contributed by atoms with Crippen LogP contribution in [0.1, 0.15) is 0 Å². The summed E-state index contributed by atoms with van der Waals surface area (Å²) in [5.41, 5.74) is 0.981. The normalized spacial score (nSPS) is 9.94. The van der Waals surface area contributed by atoms with E-state index in [0.717, 1.165) is 14.2 Å². The van der Waals surface area contributed by atoms with Crippen molar-refractivity contribution in [3.63, 3.8) is 0 Å². The molecule has 0 saturated heterocycles. The van der Waals surface area contributed by atoms with E-state index >= 15 is 0 Å². The molecule has 0 unspecified atom stereocenters. The van der Waals surface area contributed by atoms with Crippen LogP contribution in [0.5, 0.6) is 0 Å². The molecule has 4 nitrogen and oxygen atoms in total. The Labute approximate surface area is 112 Å². The maximum absolute atomic E-state index is 8.58. The summed E-state index contributed by atoms with van der Waals surface area (Å²) >= 11 is 5.06. The Morgan fingerprint density at radius 3 is 2.65 bits per heavy atom. The minimum Gasteiger partial charge on any atom is -0.331 e. The van der Waals surface area contributed by atoms with Crippen molar-refractivity contribution < 1.29 is 0 Å². The van der Waals surface area contributed by atoms with E-state index in [2.05, 4.69) is 32.0 Å². The number of hydrogen-bond acceptors (Lipinski definition) is 5. The molecule has 0 fully saturated rings. The number of nitrogens with zero attached hydrogens (tertiary/aromatic N) is 4. The SMILES string of the molecule is CN(CC#N)c1ncc(-c2ccc(Br)s2)cn1. The summed E-state index contributed by atoms with van der Waals surface area (Å²) < 4.78 is 1.08. The molecule has 0 spiro atoms. The van der Waals surface area contributed by atoms with Crippen LogP contribution >= 0.6 is 27.3 Å². The second-order valence-electron chi connectivity index (χ2n) is 3.39. The van der Waals surface area contributed by atoms with Gasteiger partial charge in [0.1, 0.15) is 6.54 Å². The van der Waals surface area contributed by atoms with Gasteiger partial charge in [0.2, 0.25) is 5.95 Å². The van der Waals surface area contributed by atoms with Crippen LogP contribution in [0.2, 0.25) is 0 Å². The number of halogens is 1. The van der Waals surface area contributed by atoms with Gasteiger partial charge in [-0.3, -0.25) is 0 Å². The topological polar surface area (TPSA) is 52.8 Å². The number of thiophene rings is 1. The van der Waals surface area contributed by atoms with Gasteiger partial charge < -0.3 is 4.90 Å². The van der Waals surface area contributed by atoms with E-state index in [1.807, 2.05) is 12.1 Å². The first-order valence-corrected chi connectivity index (χ1v) is 6.47. The van der Waals surface area contributed by atoms with Gasteiger partial charge in [-0.25, -0.2) is 9.97 Å². The van der Waals surface area contributed by atoms with Crippen LogP contribution in [0.25, 0.3) is 10.4 Å². The Hall–Kier alpha value is -1.45. The monoisotopic (exact) mass is 308 g/mol. The maximum atomic E-state index is 8.58. The zero-order valence-electron chi connectivity index (χ0n) is 9.09. The smallest absolute Gasteiger partial charge is 0.225 e. The molecule has 2 rings (SSSR count). The Bertz CT molecular complexity index is 543. The molecule has 2 aromatic rings. The van der Waals surface area contributed by atoms with Gasteiger partial charge in [0.15, 0.2) is 0 Å². The molecule has 0 saturated carbocycles. The summed E-state index contributed by atoms with van der Waals surface area (Å²) in [6, 6.07) is 6.07. The van der Waals surface area contributed by atoms with Crippen LogP contribution in [0.3, 0.4) is 0 Å². The predicted octanol–water partition coefficient (Wildman–Crippen LogP) is 2.93. The first-order chi connectivity index (χ1) is 8.20. The highest BCUT2D eigenvalue weighted by atomic mass is 79.9. The molecule has 0 radical (unpaired) electrons. The minimum atomic E-state index is 0.282. The number of aromatic nitrogens is 2. The minimum absolute atomic E-state index is 0.282. The average molecular weight is 309 g/mol. The molecule has 0 N–H and O–H groups in total. The van der Waals surface area contributed by atoms with Crippen LogP contribution in [0.15, 0.2) is 28.3 Å². The summed E-state index contributed by atoms with van der Waals surface area (Å²) in [6.07, 6.45) is 3.54. The van der Waals surface area contributed by atoms with Crippen LogP contribution in [-0.4, -0.2) is 23.6 Å². The molecule has 0 amide bonds. The molecule has 6 heteroatoms. The van der Waals surface area contributed by atoms with Crippen molar-refractivity contribution in [3.8, 4) is 16.5 Å². The molecule has 0 aliphatic rings. The maximum Gasteiger partial charge on any atom is 0.225 e. The Kier molecular flexibility index (Phi) is 3.71. The first-order valence-electron chi connectivity index (χ1n) is 4.86. The summed E-state index contributed by atoms with van der Waals surface area (Å²) in [4.78, 5) is 11.3. The summed E-state index contributed by atoms with van der Waals surface area (Å²) in [7, 11) is 1.79. The lowest BCUT2D eigenvalue weighted by Crippen LogP contribution is -2.19. The van der Waals surface area contributed by atoms with Crippen molar-refractivity contribution >= 4 is 33.2 Å². The average Bonchev–Trinajstić information content (AvgIpc) is 2.76. The fourth-order valence-electron chi connectivity index (χ4n) is 1.29. The second-order valence-corrected chi connectivity index (χ2v) is 5.85. The fraction of sp³-hybridized carbons (Fsp3) is 0.182. The molecule has 0 aliphatic carbocycles. The van der Waals surface area contributed by atoms with Gasteiger partial charge in [-0.15, -0.1) is 11.3 Å². The van der Waals surface area contributed by atoms with Crippen molar-refractivity contribution in [2.75, 3.05) is 18.5 Å². The third kappa shape index (κ3) is 2.81. The van der Waals surface area contributed by atoms with Gasteiger partial charge in [-0.2, -0.15) is 5.26 Å². The second kappa shape index (κ2) is 5.25. The third-order valence-electron chi connectivity index (χ3n) is 2.15. The van der Waals surface area contributed by atoms with Crippen LogP contribution in [0.4, 0.5) is 5.95 Å². The van der Waals surface area contributed by atoms with Crippen molar-refractivity contribution in [2.45, 2.75) is 0 Å². The molecule has 0 atom stereocenters. The van der Waals surface area contributed by atoms with E-state index < -0.39 is 0 Å². The lowest BCUT2D eigenvalue weighted by atomic mass is 10.3. The number of rotatable bonds is 3. The van der Waals surface area contributed by atoms with E-state index in [0.29, 0.717) is 5.95 Å². The zero-order valence-corrected chi connectivity index (χ0v) is 11.5. The molecular formula is C11H9BrN4S. The van der Waals surface area contributed by atoms with Crippen LogP contribution in [0, 0.1) is 11.3 Å². The number of anilines is 1. The molecule has 17 heavy (non-hydrogen) atoms. The standard InChI is InChI=1S/C11H9BrN4S/c1-16(5-4-13)11-14-6-8(7-15-11)9-2-3-10(12)17-9/h2-3,6-7H,5H2,1H3. The molecule has 0 bridgehead atoms. The summed E-state index contributed by atoms with van der Waals surface area (Å²) in [5.74, 6) is 0.561. The van der Waals surface area contributed by atoms with E-state index in [-0.39, 0.29) is 6.54 Å². The molecule has 2 aromatic heterocycles. The Balaban J connectivity index is 2.21. The highest BCUT2D eigenvalue weighted by Gasteiger charge is 2.06. The van der Waals surface area contributed by atoms with Crippen molar-refractivity contribution in [1.82, 2.24) is 9.97 Å². The lowest BCUT2D eigenvalue weighted by Gasteiger charge is -2.12. The van der Waals surface area contributed by atoms with Gasteiger partial charge >= 0.3 is 0 Å². The molecule has 0 aromatic carbocycles. The van der Waals surface area contributed by atoms with E-state index in [9.17, 15) is 0 Å². The lowest BCUT2D eigenvalue weighted by molar-refractivity contribution is 0.947. The first kappa shape index (κ1) is 12.0. The summed E-state index contributed by atoms with van der Waals surface area (Å²) in [6.45, 7) is 0.282. The quantitative estimate of drug-likeness (QED) is 0.818. The Morgan fingerprint density at radius 1 is 1.41 bits per heavy atom. The van der Waals surface area contributed by atoms with Crippen LogP contribution < -0.4 is 4.90 Å². The van der Waals surface area contributed by atoms with Gasteiger partial charge in [-0.05, 0) is 28.1 Å². The van der Waals surface area contributed by atoms with Gasteiger partial charge in [0, 0.05) is 29.9 Å². The fourth-order valence-corrected chi connectivity index (χ4v) is 2.65. The highest BCUT2D eigenvalue weighted by Crippen LogP contribution is 2.30. The van der Waals surface area contributed by atoms with Gasteiger partial charge in [0.25, 0.3) is 0 Å². The van der Waals surface area contributed by atoms with E-state index in [1.54, 1.807) is 35.7 Å². The molecule has 0 aliphatic heterocycles. The number of hydrogen-bond donors (Lipinski definition) is 0. The van der Waals surface area contributed by atoms with Crippen molar-refractivity contribution in [3.05, 3.63) is 28.3 Å². The van der Waals surface area contributed by atoms with Gasteiger partial charge in [-0.1, -0.05) is 0 Å². The number of nitriles is 1. The third-order valence-corrected chi connectivity index (χ3v) is 3.82. The predicted molar refractivity (Wildman–Crippen MR) is 71.9 cm³/mol. The zero-order chi connectivity index (χ0) is 12.3. The van der Waals surface area contributed by atoms with E-state index in [4.69, 9.17) is 5.26 Å². The largest absolute Gasteiger partial charge is 0.331 e. The molecule has 86 valence electrons. The van der Waals surface area contributed by atoms with E-state index in [1.165, 1.54) is 0 Å². The van der Waals surface area contributed by atoms with Crippen molar-refractivity contribution in [2.24, 2.45) is 0 Å². The summed E-state index contributed by atoms with van der Waals surface area (Å²) in [5, 5.41) is 8.58. The Morgan fingerprint density at radius 2 is 2.12 bits per heavy atom. The van der Waals surface area contributed by atoms with Crippen molar-refractivity contribution in [1.29, 1.82) is 5.26 Å². The molecule has 2 heterocycles. The van der Waals surface area contributed by atoms with Crippen LogP contribution in [-0.2, 0) is 0 Å².